The van der Waals surface area contributed by atoms with Gasteiger partial charge in [0.25, 0.3) is 12.1 Å². The van der Waals surface area contributed by atoms with E-state index in [1.165, 1.54) is 32.1 Å². The Hall–Kier alpha value is -2.93. The third-order valence-corrected chi connectivity index (χ3v) is 15.5. The molecular weight excluding hydrogens is 717 g/mol. The molecule has 0 bridgehead atoms. The van der Waals surface area contributed by atoms with Gasteiger partial charge in [-0.15, -0.1) is 23.5 Å². The van der Waals surface area contributed by atoms with Crippen LogP contribution in [0.2, 0.25) is 0 Å². The molecule has 12 heteroatoms. The Balaban J connectivity index is 0.985. The first kappa shape index (κ1) is 37.0. The number of benzene rings is 2. The van der Waals surface area contributed by atoms with Crippen LogP contribution in [-0.2, 0) is 25.6 Å². The second-order valence-corrected chi connectivity index (χ2v) is 18.6. The van der Waals surface area contributed by atoms with Crippen molar-refractivity contribution in [3.8, 4) is 23.0 Å². The van der Waals surface area contributed by atoms with Crippen molar-refractivity contribution in [2.24, 2.45) is 5.41 Å². The molecule has 8 rings (SSSR count). The number of carbonyl (C=O) groups excluding carboxylic acids is 3. The highest BCUT2D eigenvalue weighted by molar-refractivity contribution is 8.18. The highest BCUT2D eigenvalue weighted by atomic mass is 32.2. The zero-order chi connectivity index (χ0) is 36.7. The first-order valence-electron chi connectivity index (χ1n) is 19.5. The number of hydrogen-bond acceptors (Lipinski definition) is 12. The number of fused-ring (bicyclic) bond motifs is 2. The Labute approximate surface area is 320 Å². The summed E-state index contributed by atoms with van der Waals surface area (Å²) in [6.45, 7) is 5.30. The number of carbonyl (C=O) groups is 3. The molecule has 2 aromatic carbocycles. The molecule has 2 aliphatic carbocycles. The van der Waals surface area contributed by atoms with E-state index in [1.54, 1.807) is 0 Å². The van der Waals surface area contributed by atoms with E-state index in [0.717, 1.165) is 17.1 Å². The maximum Gasteiger partial charge on any atom is 0.313 e. The zero-order valence-corrected chi connectivity index (χ0v) is 32.4. The predicted octanol–water partition coefficient (Wildman–Crippen LogP) is 8.79. The van der Waals surface area contributed by atoms with Crippen LogP contribution >= 0.6 is 23.5 Å². The fourth-order valence-corrected chi connectivity index (χ4v) is 12.0. The number of ketones is 2. The van der Waals surface area contributed by atoms with Crippen molar-refractivity contribution in [2.45, 2.75) is 132 Å². The number of hydrogen-bond donors (Lipinski definition) is 0. The van der Waals surface area contributed by atoms with Crippen molar-refractivity contribution in [3.63, 3.8) is 0 Å². The number of thioether (sulfide) groups is 2. The lowest BCUT2D eigenvalue weighted by Gasteiger charge is -2.53. The third-order valence-electron chi connectivity index (χ3n) is 11.4. The van der Waals surface area contributed by atoms with E-state index < -0.39 is 23.8 Å². The first-order valence-corrected chi connectivity index (χ1v) is 21.4. The third kappa shape index (κ3) is 7.30. The van der Waals surface area contributed by atoms with Crippen LogP contribution in [0.15, 0.2) is 30.3 Å². The van der Waals surface area contributed by atoms with Gasteiger partial charge >= 0.3 is 5.97 Å². The van der Waals surface area contributed by atoms with Crippen LogP contribution in [-0.4, -0.2) is 64.2 Å². The zero-order valence-electron chi connectivity index (χ0n) is 30.8. The van der Waals surface area contributed by atoms with Crippen molar-refractivity contribution in [1.29, 1.82) is 0 Å². The van der Waals surface area contributed by atoms with Gasteiger partial charge in [-0.25, -0.2) is 0 Å². The lowest BCUT2D eigenvalue weighted by molar-refractivity contribution is -0.324. The van der Waals surface area contributed by atoms with E-state index in [0.29, 0.717) is 55.8 Å². The minimum Gasteiger partial charge on any atom is -0.461 e. The molecule has 0 N–H and O–H groups in total. The summed E-state index contributed by atoms with van der Waals surface area (Å²) >= 11 is 4.25. The second-order valence-electron chi connectivity index (χ2n) is 15.6. The van der Waals surface area contributed by atoms with E-state index in [2.05, 4.69) is 23.5 Å². The standard InChI is InChI=1S/C41H50O10S2/c1-3-11-28(42)32-34-35(49-31(48-34)21-30(44)45-22-27-13-7-5-8-14-27)33(29(43)12-4-2)37-36(32)50-40(51-37)19-17-39(18-20-40)46-23-38(24-47-39)25-52-41(53-26-38)15-9-6-10-16-41/h5,7-8,13-14,31H,3-4,6,9-12,15-26H2,1-2H3. The van der Waals surface area contributed by atoms with E-state index in [-0.39, 0.29) is 77.0 Å². The SMILES string of the molecule is CCCC(=O)c1c2c(c(C(=O)CCC)c3c1OC1(CCC4(CC1)OCC1(CO4)CSC4(CCCCC4)SC1)O3)OC(CC(=O)OCc1ccccc1)O2. The summed E-state index contributed by atoms with van der Waals surface area (Å²) in [5.74, 6) is 0.0406. The van der Waals surface area contributed by atoms with Gasteiger partial charge in [0.15, 0.2) is 40.4 Å². The van der Waals surface area contributed by atoms with Crippen LogP contribution in [0.25, 0.3) is 0 Å². The van der Waals surface area contributed by atoms with Gasteiger partial charge in [-0.1, -0.05) is 63.4 Å². The van der Waals surface area contributed by atoms with E-state index in [4.69, 9.17) is 33.2 Å². The van der Waals surface area contributed by atoms with Gasteiger partial charge in [0.2, 0.25) is 0 Å². The maximum atomic E-state index is 13.8. The molecule has 2 aromatic rings. The highest BCUT2D eigenvalue weighted by Crippen LogP contribution is 2.61. The van der Waals surface area contributed by atoms with Crippen molar-refractivity contribution >= 4 is 41.1 Å². The molecule has 0 aromatic heterocycles. The Morgan fingerprint density at radius 3 is 1.81 bits per heavy atom. The van der Waals surface area contributed by atoms with Crippen molar-refractivity contribution in [3.05, 3.63) is 47.0 Å². The summed E-state index contributed by atoms with van der Waals surface area (Å²) in [5, 5.41) is 0. The van der Waals surface area contributed by atoms with Crippen molar-refractivity contribution in [2.75, 3.05) is 24.7 Å². The van der Waals surface area contributed by atoms with Gasteiger partial charge in [-0.2, -0.15) is 0 Å². The number of Topliss-reactive ketones (excluding diaryl/α,β-unsaturated/α-hetero) is 2. The topological polar surface area (TPSA) is 116 Å². The van der Waals surface area contributed by atoms with Gasteiger partial charge in [-0.3, -0.25) is 14.4 Å². The Bertz CT molecular complexity index is 1630. The predicted molar refractivity (Wildman–Crippen MR) is 201 cm³/mol. The fraction of sp³-hybridized carbons (Fsp3) is 0.634. The number of rotatable bonds is 10. The molecule has 4 aliphatic heterocycles. The Kier molecular flexibility index (Phi) is 10.4. The molecule has 0 amide bonds. The lowest BCUT2D eigenvalue weighted by Crippen LogP contribution is -2.57. The number of ether oxygens (including phenoxy) is 7. The van der Waals surface area contributed by atoms with Crippen LogP contribution < -0.4 is 18.9 Å². The molecule has 4 fully saturated rings. The summed E-state index contributed by atoms with van der Waals surface area (Å²) < 4.78 is 45.0. The average Bonchev–Trinajstić information content (AvgIpc) is 3.75. The molecule has 0 radical (unpaired) electrons. The Morgan fingerprint density at radius 1 is 0.717 bits per heavy atom. The molecule has 0 unspecified atom stereocenters. The van der Waals surface area contributed by atoms with Crippen LogP contribution in [0.4, 0.5) is 0 Å². The molecule has 4 spiro atoms. The molecule has 4 heterocycles. The van der Waals surface area contributed by atoms with Crippen molar-refractivity contribution in [1.82, 2.24) is 0 Å². The first-order chi connectivity index (χ1) is 25.7. The summed E-state index contributed by atoms with van der Waals surface area (Å²) in [5.41, 5.74) is 1.26. The summed E-state index contributed by atoms with van der Waals surface area (Å²) in [7, 11) is 0. The van der Waals surface area contributed by atoms with E-state index in [1.807, 2.05) is 44.2 Å². The van der Waals surface area contributed by atoms with Crippen LogP contribution in [0.3, 0.4) is 0 Å². The quantitative estimate of drug-likeness (QED) is 0.170. The average molecular weight is 767 g/mol. The monoisotopic (exact) mass is 766 g/mol. The van der Waals surface area contributed by atoms with Crippen molar-refractivity contribution < 1.29 is 47.5 Å². The highest BCUT2D eigenvalue weighted by Gasteiger charge is 2.57. The molecule has 286 valence electrons. The largest absolute Gasteiger partial charge is 0.461 e. The van der Waals surface area contributed by atoms with E-state index >= 15 is 0 Å². The van der Waals surface area contributed by atoms with Crippen LogP contribution in [0.5, 0.6) is 23.0 Å². The molecule has 0 atom stereocenters. The fourth-order valence-electron chi connectivity index (χ4n) is 8.34. The molecule has 6 aliphatic rings. The van der Waals surface area contributed by atoms with Gasteiger partial charge in [0.05, 0.1) is 17.3 Å². The number of esters is 1. The summed E-state index contributed by atoms with van der Waals surface area (Å²) in [6, 6.07) is 9.38. The van der Waals surface area contributed by atoms with Crippen LogP contribution in [0, 0.1) is 5.41 Å². The van der Waals surface area contributed by atoms with E-state index in [9.17, 15) is 14.4 Å². The van der Waals surface area contributed by atoms with Gasteiger partial charge in [0.1, 0.15) is 24.2 Å². The van der Waals surface area contributed by atoms with Gasteiger partial charge in [0, 0.05) is 55.4 Å². The molecular formula is C41H50O10S2. The minimum atomic E-state index is -1.10. The van der Waals surface area contributed by atoms with Crippen LogP contribution in [0.1, 0.15) is 130 Å². The molecule has 2 saturated carbocycles. The summed E-state index contributed by atoms with van der Waals surface area (Å²) in [6.07, 6.45) is 8.96. The minimum absolute atomic E-state index is 0.0230. The Morgan fingerprint density at radius 2 is 1.26 bits per heavy atom. The van der Waals surface area contributed by atoms with Gasteiger partial charge in [-0.05, 0) is 31.2 Å². The molecule has 2 saturated heterocycles. The maximum absolute atomic E-state index is 13.8. The normalized spacial score (nSPS) is 23.1. The second kappa shape index (κ2) is 15.0. The lowest BCUT2D eigenvalue weighted by atomic mass is 9.86. The smallest absolute Gasteiger partial charge is 0.313 e. The summed E-state index contributed by atoms with van der Waals surface area (Å²) in [4.78, 5) is 40.5. The molecule has 53 heavy (non-hydrogen) atoms. The molecule has 10 nitrogen and oxygen atoms in total. The van der Waals surface area contributed by atoms with Gasteiger partial charge < -0.3 is 33.2 Å².